The van der Waals surface area contributed by atoms with E-state index in [4.69, 9.17) is 0 Å². The molecule has 1 aliphatic rings. The van der Waals surface area contributed by atoms with Gasteiger partial charge in [0.25, 0.3) is 5.91 Å². The van der Waals surface area contributed by atoms with Crippen molar-refractivity contribution in [1.82, 2.24) is 4.98 Å². The molecule has 0 saturated heterocycles. The van der Waals surface area contributed by atoms with E-state index in [1.807, 2.05) is 12.1 Å². The van der Waals surface area contributed by atoms with E-state index in [1.165, 1.54) is 35.2 Å². The summed E-state index contributed by atoms with van der Waals surface area (Å²) in [5.41, 5.74) is 7.84. The number of thiophene rings is 1. The molecule has 25 heavy (non-hydrogen) atoms. The highest BCUT2D eigenvalue weighted by Gasteiger charge is 2.23. The predicted octanol–water partition coefficient (Wildman–Crippen LogP) is 5.68. The molecule has 0 radical (unpaired) electrons. The summed E-state index contributed by atoms with van der Waals surface area (Å²) in [6.07, 6.45) is 6.03. The van der Waals surface area contributed by atoms with E-state index < -0.39 is 0 Å². The topological polar surface area (TPSA) is 44.9 Å². The van der Waals surface area contributed by atoms with Crippen LogP contribution in [0, 0.1) is 20.8 Å². The van der Waals surface area contributed by atoms with Crippen molar-refractivity contribution in [2.75, 3.05) is 5.32 Å². The highest BCUT2D eigenvalue weighted by molar-refractivity contribution is 7.19. The van der Waals surface area contributed by atoms with Gasteiger partial charge in [-0.05, 0) is 75.3 Å². The molecule has 0 bridgehead atoms. The summed E-state index contributed by atoms with van der Waals surface area (Å²) < 4.78 is 1.29. The first-order valence-electron chi connectivity index (χ1n) is 9.05. The van der Waals surface area contributed by atoms with E-state index in [9.17, 15) is 4.79 Å². The zero-order valence-electron chi connectivity index (χ0n) is 15.1. The first kappa shape index (κ1) is 16.4. The molecule has 0 atom stereocenters. The van der Waals surface area contributed by atoms with Gasteiger partial charge in [0.2, 0.25) is 0 Å². The second kappa shape index (κ2) is 6.34. The van der Waals surface area contributed by atoms with Crippen LogP contribution in [0.15, 0.2) is 18.2 Å². The first-order valence-corrected chi connectivity index (χ1v) is 9.87. The lowest BCUT2D eigenvalue weighted by atomic mass is 10.1. The minimum atomic E-state index is -0.00911. The van der Waals surface area contributed by atoms with Gasteiger partial charge >= 0.3 is 0 Å². The average Bonchev–Trinajstić information content (AvgIpc) is 2.90. The third-order valence-corrected chi connectivity index (χ3v) is 6.22. The van der Waals surface area contributed by atoms with Crippen LogP contribution in [0.3, 0.4) is 0 Å². The Kier molecular flexibility index (Phi) is 4.16. The monoisotopic (exact) mass is 352 g/mol. The Labute approximate surface area is 152 Å². The minimum absolute atomic E-state index is 0.00911. The van der Waals surface area contributed by atoms with Crippen molar-refractivity contribution < 1.29 is 4.79 Å². The second-order valence-electron chi connectivity index (χ2n) is 7.21. The van der Waals surface area contributed by atoms with Crippen LogP contribution >= 0.6 is 11.3 Å². The molecule has 0 spiro atoms. The van der Waals surface area contributed by atoms with Crippen LogP contribution in [0.25, 0.3) is 10.2 Å². The number of fused-ring (bicyclic) bond motifs is 3. The van der Waals surface area contributed by atoms with Crippen LogP contribution < -0.4 is 5.32 Å². The summed E-state index contributed by atoms with van der Waals surface area (Å²) in [5, 5.41) is 3.10. The molecule has 1 amide bonds. The molecule has 1 aliphatic carbocycles. The van der Waals surface area contributed by atoms with Gasteiger partial charge in [0, 0.05) is 16.3 Å². The number of aromatic amines is 1. The van der Waals surface area contributed by atoms with Gasteiger partial charge in [-0.1, -0.05) is 12.5 Å². The van der Waals surface area contributed by atoms with Crippen molar-refractivity contribution in [2.24, 2.45) is 0 Å². The number of aryl methyl sites for hydroxylation is 5. The van der Waals surface area contributed by atoms with E-state index in [-0.39, 0.29) is 5.91 Å². The maximum atomic E-state index is 13.0. The van der Waals surface area contributed by atoms with Crippen LogP contribution in [-0.2, 0) is 12.8 Å². The number of rotatable bonds is 2. The first-order chi connectivity index (χ1) is 12.0. The van der Waals surface area contributed by atoms with Crippen molar-refractivity contribution in [2.45, 2.75) is 52.9 Å². The maximum Gasteiger partial charge on any atom is 0.258 e. The van der Waals surface area contributed by atoms with Crippen molar-refractivity contribution in [3.05, 3.63) is 51.0 Å². The molecule has 0 fully saturated rings. The Hall–Kier alpha value is -2.07. The molecule has 3 aromatic rings. The zero-order chi connectivity index (χ0) is 17.6. The molecule has 1 aromatic carbocycles. The molecule has 4 rings (SSSR count). The standard InChI is InChI=1S/C21H24N2OS/c1-12-9-13(2)11-15(10-12)22-21(24)18-14(3)25-20-16-7-5-4-6-8-17(16)23-19(18)20/h9-11,23H,4-8H2,1-3H3,(H,22,24). The molecule has 2 heterocycles. The molecule has 0 saturated carbocycles. The normalized spacial score (nSPS) is 14.4. The number of hydrogen-bond donors (Lipinski definition) is 2. The van der Waals surface area contributed by atoms with Crippen LogP contribution in [0.4, 0.5) is 5.69 Å². The van der Waals surface area contributed by atoms with Crippen molar-refractivity contribution >= 4 is 33.1 Å². The number of carbonyl (C=O) groups excluding carboxylic acids is 1. The number of benzene rings is 1. The SMILES string of the molecule is Cc1cc(C)cc(NC(=O)c2c(C)sc3c4c([nH]c23)CCCCC4)c1. The van der Waals surface area contributed by atoms with Crippen LogP contribution in [0.1, 0.15) is 56.9 Å². The molecule has 130 valence electrons. The summed E-state index contributed by atoms with van der Waals surface area (Å²) in [7, 11) is 0. The number of amides is 1. The predicted molar refractivity (Wildman–Crippen MR) is 106 cm³/mol. The fourth-order valence-corrected chi connectivity index (χ4v) is 5.22. The summed E-state index contributed by atoms with van der Waals surface area (Å²) in [6, 6.07) is 6.16. The molecular formula is C21H24N2OS. The van der Waals surface area contributed by atoms with Gasteiger partial charge in [0.05, 0.1) is 15.8 Å². The molecule has 4 heteroatoms. The Balaban J connectivity index is 1.73. The number of carbonyl (C=O) groups is 1. The van der Waals surface area contributed by atoms with Gasteiger partial charge in [-0.15, -0.1) is 11.3 Å². The van der Waals surface area contributed by atoms with Crippen molar-refractivity contribution in [1.29, 1.82) is 0 Å². The molecule has 2 N–H and O–H groups in total. The van der Waals surface area contributed by atoms with Gasteiger partial charge in [-0.25, -0.2) is 0 Å². The van der Waals surface area contributed by atoms with E-state index in [0.717, 1.165) is 45.6 Å². The summed E-state index contributed by atoms with van der Waals surface area (Å²) >= 11 is 1.76. The highest BCUT2D eigenvalue weighted by Crippen LogP contribution is 2.37. The summed E-state index contributed by atoms with van der Waals surface area (Å²) in [6.45, 7) is 6.16. The van der Waals surface area contributed by atoms with Crippen molar-refractivity contribution in [3.63, 3.8) is 0 Å². The lowest BCUT2D eigenvalue weighted by Gasteiger charge is -2.08. The lowest BCUT2D eigenvalue weighted by Crippen LogP contribution is -2.13. The smallest absolute Gasteiger partial charge is 0.258 e. The van der Waals surface area contributed by atoms with E-state index >= 15 is 0 Å². The van der Waals surface area contributed by atoms with Crippen LogP contribution in [0.2, 0.25) is 0 Å². The van der Waals surface area contributed by atoms with E-state index in [1.54, 1.807) is 11.3 Å². The molecule has 0 unspecified atom stereocenters. The van der Waals surface area contributed by atoms with Gasteiger partial charge in [-0.3, -0.25) is 4.79 Å². The number of H-pyrrole nitrogens is 1. The van der Waals surface area contributed by atoms with E-state index in [0.29, 0.717) is 0 Å². The molecule has 2 aromatic heterocycles. The summed E-state index contributed by atoms with van der Waals surface area (Å²) in [5.74, 6) is -0.00911. The fraction of sp³-hybridized carbons (Fsp3) is 0.381. The Morgan fingerprint density at radius 3 is 2.52 bits per heavy atom. The van der Waals surface area contributed by atoms with Crippen LogP contribution in [0.5, 0.6) is 0 Å². The zero-order valence-corrected chi connectivity index (χ0v) is 15.9. The van der Waals surface area contributed by atoms with Gasteiger partial charge in [0.15, 0.2) is 0 Å². The Bertz CT molecular complexity index is 944. The third-order valence-electron chi connectivity index (χ3n) is 5.06. The second-order valence-corrected chi connectivity index (χ2v) is 8.44. The molecule has 0 aliphatic heterocycles. The third kappa shape index (κ3) is 2.99. The average molecular weight is 353 g/mol. The number of aromatic nitrogens is 1. The van der Waals surface area contributed by atoms with Gasteiger partial charge in [-0.2, -0.15) is 0 Å². The van der Waals surface area contributed by atoms with Gasteiger partial charge < -0.3 is 10.3 Å². The van der Waals surface area contributed by atoms with Crippen molar-refractivity contribution in [3.8, 4) is 0 Å². The summed E-state index contributed by atoms with van der Waals surface area (Å²) in [4.78, 5) is 17.7. The Morgan fingerprint density at radius 1 is 1.04 bits per heavy atom. The van der Waals surface area contributed by atoms with E-state index in [2.05, 4.69) is 37.1 Å². The number of anilines is 1. The molecule has 3 nitrogen and oxygen atoms in total. The highest BCUT2D eigenvalue weighted by atomic mass is 32.1. The lowest BCUT2D eigenvalue weighted by molar-refractivity contribution is 0.102. The van der Waals surface area contributed by atoms with Crippen LogP contribution in [-0.4, -0.2) is 10.9 Å². The quantitative estimate of drug-likeness (QED) is 0.573. The largest absolute Gasteiger partial charge is 0.357 e. The molecular weight excluding hydrogens is 328 g/mol. The van der Waals surface area contributed by atoms with Gasteiger partial charge in [0.1, 0.15) is 0 Å². The Morgan fingerprint density at radius 2 is 1.76 bits per heavy atom. The number of hydrogen-bond acceptors (Lipinski definition) is 2. The maximum absolute atomic E-state index is 13.0. The minimum Gasteiger partial charge on any atom is -0.357 e. The number of nitrogens with one attached hydrogen (secondary N) is 2. The fourth-order valence-electron chi connectivity index (χ4n) is 4.01.